The summed E-state index contributed by atoms with van der Waals surface area (Å²) in [6.45, 7) is 1.20. The first-order valence-corrected chi connectivity index (χ1v) is 2.31. The van der Waals surface area contributed by atoms with Gasteiger partial charge in [-0.15, -0.1) is 0 Å². The van der Waals surface area contributed by atoms with E-state index in [1.165, 1.54) is 6.92 Å². The summed E-state index contributed by atoms with van der Waals surface area (Å²) in [5.74, 6) is -1.25. The molecule has 3 nitrogen and oxygen atoms in total. The molecule has 1 unspecified atom stereocenters. The summed E-state index contributed by atoms with van der Waals surface area (Å²) in [6, 6.07) is 0. The van der Waals surface area contributed by atoms with Crippen LogP contribution in [0, 0.1) is 0 Å². The van der Waals surface area contributed by atoms with Gasteiger partial charge in [-0.05, 0) is 13.0 Å². The summed E-state index contributed by atoms with van der Waals surface area (Å²) >= 11 is 0. The van der Waals surface area contributed by atoms with Crippen LogP contribution in [0.25, 0.3) is 0 Å². The Balaban J connectivity index is 4.19. The summed E-state index contributed by atoms with van der Waals surface area (Å²) < 4.78 is 11.3. The van der Waals surface area contributed by atoms with Crippen molar-refractivity contribution in [1.82, 2.24) is 0 Å². The lowest BCUT2D eigenvalue weighted by Gasteiger charge is -2.11. The van der Waals surface area contributed by atoms with E-state index in [2.05, 4.69) is 0 Å². The maximum absolute atomic E-state index is 11.3. The number of carboxylic acid groups (broad SMARTS) is 1. The Morgan fingerprint density at radius 3 is 2.44 bits per heavy atom. The molecule has 0 bridgehead atoms. The molecule has 0 aliphatic rings. The van der Waals surface area contributed by atoms with Crippen molar-refractivity contribution in [2.45, 2.75) is 12.5 Å². The van der Waals surface area contributed by atoms with E-state index < -0.39 is 11.5 Å². The van der Waals surface area contributed by atoms with E-state index in [0.717, 1.165) is 6.08 Å². The highest BCUT2D eigenvalue weighted by molar-refractivity contribution is 5.80. The first kappa shape index (κ1) is 8.10. The van der Waals surface area contributed by atoms with Gasteiger partial charge in [0.1, 0.15) is 5.54 Å². The van der Waals surface area contributed by atoms with Gasteiger partial charge in [0.2, 0.25) is 0 Å². The number of halogens is 1. The smallest absolute Gasteiger partial charge is 0.327 e. The molecule has 52 valence electrons. The monoisotopic (exact) mass is 133 g/mol. The molecule has 0 radical (unpaired) electrons. The second-order valence-electron chi connectivity index (χ2n) is 1.88. The summed E-state index contributed by atoms with van der Waals surface area (Å²) in [7, 11) is 0. The standard InChI is InChI=1S/C5H8FNO2/c1-5(7,2-3-6)4(8)9/h2-3H,7H2,1H3,(H,8,9)/b3-2-. The van der Waals surface area contributed by atoms with Crippen LogP contribution in [0.2, 0.25) is 0 Å². The van der Waals surface area contributed by atoms with Crippen LogP contribution in [0.5, 0.6) is 0 Å². The summed E-state index contributed by atoms with van der Waals surface area (Å²) in [5.41, 5.74) is 3.46. The maximum Gasteiger partial charge on any atom is 0.327 e. The number of hydrogen-bond donors (Lipinski definition) is 2. The highest BCUT2D eigenvalue weighted by atomic mass is 19.1. The molecule has 0 saturated heterocycles. The third-order valence-electron chi connectivity index (χ3n) is 0.870. The molecule has 0 fully saturated rings. The fourth-order valence-corrected chi connectivity index (χ4v) is 0.202. The molecule has 1 atom stereocenters. The zero-order valence-corrected chi connectivity index (χ0v) is 4.97. The van der Waals surface area contributed by atoms with Gasteiger partial charge in [0, 0.05) is 0 Å². The first-order chi connectivity index (χ1) is 4.00. The quantitative estimate of drug-likeness (QED) is 0.568. The average Bonchev–Trinajstić information content (AvgIpc) is 1.65. The normalized spacial score (nSPS) is 17.7. The number of aliphatic carboxylic acids is 1. The molecule has 0 aliphatic carbocycles. The van der Waals surface area contributed by atoms with E-state index in [1.807, 2.05) is 0 Å². The van der Waals surface area contributed by atoms with Gasteiger partial charge in [-0.3, -0.25) is 0 Å². The first-order valence-electron chi connectivity index (χ1n) is 2.31. The predicted molar refractivity (Wildman–Crippen MR) is 30.5 cm³/mol. The van der Waals surface area contributed by atoms with Crippen molar-refractivity contribution in [1.29, 1.82) is 0 Å². The van der Waals surface area contributed by atoms with Crippen LogP contribution in [0.15, 0.2) is 12.4 Å². The molecule has 4 heteroatoms. The predicted octanol–water partition coefficient (Wildman–Crippen LogP) is 0.272. The Kier molecular flexibility index (Phi) is 2.33. The van der Waals surface area contributed by atoms with Crippen molar-refractivity contribution in [3.8, 4) is 0 Å². The maximum atomic E-state index is 11.3. The topological polar surface area (TPSA) is 63.3 Å². The second kappa shape index (κ2) is 2.59. The molecule has 0 aromatic heterocycles. The van der Waals surface area contributed by atoms with Gasteiger partial charge < -0.3 is 10.8 Å². The molecule has 0 rings (SSSR count). The molecule has 9 heavy (non-hydrogen) atoms. The lowest BCUT2D eigenvalue weighted by atomic mass is 10.1. The minimum Gasteiger partial charge on any atom is -0.480 e. The van der Waals surface area contributed by atoms with Crippen molar-refractivity contribution >= 4 is 5.97 Å². The number of hydrogen-bond acceptors (Lipinski definition) is 2. The molecular weight excluding hydrogens is 125 g/mol. The Labute approximate surface area is 52.0 Å². The van der Waals surface area contributed by atoms with E-state index in [9.17, 15) is 9.18 Å². The number of carboxylic acids is 1. The van der Waals surface area contributed by atoms with Crippen molar-refractivity contribution in [2.75, 3.05) is 0 Å². The highest BCUT2D eigenvalue weighted by Crippen LogP contribution is 2.00. The van der Waals surface area contributed by atoms with Gasteiger partial charge in [0.25, 0.3) is 0 Å². The van der Waals surface area contributed by atoms with E-state index in [-0.39, 0.29) is 6.33 Å². The SMILES string of the molecule is CC(N)(/C=C\F)C(=O)O. The van der Waals surface area contributed by atoms with Gasteiger partial charge in [0.05, 0.1) is 6.33 Å². The van der Waals surface area contributed by atoms with Gasteiger partial charge in [-0.25, -0.2) is 9.18 Å². The van der Waals surface area contributed by atoms with Crippen LogP contribution in [-0.2, 0) is 4.79 Å². The molecule has 0 spiro atoms. The zero-order chi connectivity index (χ0) is 7.49. The van der Waals surface area contributed by atoms with E-state index in [1.54, 1.807) is 0 Å². The van der Waals surface area contributed by atoms with Gasteiger partial charge in [-0.1, -0.05) is 0 Å². The average molecular weight is 133 g/mol. The molecule has 0 aliphatic heterocycles. The lowest BCUT2D eigenvalue weighted by molar-refractivity contribution is -0.140. The lowest BCUT2D eigenvalue weighted by Crippen LogP contribution is -2.42. The Bertz CT molecular complexity index is 142. The largest absolute Gasteiger partial charge is 0.480 e. The van der Waals surface area contributed by atoms with Crippen LogP contribution in [-0.4, -0.2) is 16.6 Å². The number of carbonyl (C=O) groups is 1. The minimum absolute atomic E-state index is 0.119. The Morgan fingerprint density at radius 1 is 1.89 bits per heavy atom. The molecule has 0 aromatic rings. The van der Waals surface area contributed by atoms with Crippen LogP contribution in [0.3, 0.4) is 0 Å². The van der Waals surface area contributed by atoms with Crippen molar-refractivity contribution in [3.63, 3.8) is 0 Å². The molecule has 0 saturated carbocycles. The van der Waals surface area contributed by atoms with Gasteiger partial charge >= 0.3 is 5.97 Å². The zero-order valence-electron chi connectivity index (χ0n) is 4.97. The van der Waals surface area contributed by atoms with Crippen molar-refractivity contribution in [2.24, 2.45) is 5.73 Å². The van der Waals surface area contributed by atoms with E-state index in [0.29, 0.717) is 0 Å². The van der Waals surface area contributed by atoms with Crippen molar-refractivity contribution < 1.29 is 14.3 Å². The van der Waals surface area contributed by atoms with E-state index >= 15 is 0 Å². The summed E-state index contributed by atoms with van der Waals surface area (Å²) in [5, 5.41) is 8.23. The molecule has 0 amide bonds. The number of nitrogens with two attached hydrogens (primary N) is 1. The fourth-order valence-electron chi connectivity index (χ4n) is 0.202. The molecule has 0 heterocycles. The molecule has 3 N–H and O–H groups in total. The Hall–Kier alpha value is -0.900. The van der Waals surface area contributed by atoms with Crippen LogP contribution < -0.4 is 5.73 Å². The highest BCUT2D eigenvalue weighted by Gasteiger charge is 2.23. The third-order valence-corrected chi connectivity index (χ3v) is 0.870. The van der Waals surface area contributed by atoms with Crippen LogP contribution >= 0.6 is 0 Å². The van der Waals surface area contributed by atoms with Crippen LogP contribution in [0.4, 0.5) is 4.39 Å². The van der Waals surface area contributed by atoms with Gasteiger partial charge in [0.15, 0.2) is 0 Å². The summed E-state index contributed by atoms with van der Waals surface area (Å²) in [4.78, 5) is 10.1. The Morgan fingerprint density at radius 2 is 2.33 bits per heavy atom. The molecular formula is C5H8FNO2. The van der Waals surface area contributed by atoms with Gasteiger partial charge in [-0.2, -0.15) is 0 Å². The fraction of sp³-hybridized carbons (Fsp3) is 0.400. The minimum atomic E-state index is -1.59. The third kappa shape index (κ3) is 2.23. The number of rotatable bonds is 2. The van der Waals surface area contributed by atoms with E-state index in [4.69, 9.17) is 10.8 Å². The second-order valence-corrected chi connectivity index (χ2v) is 1.88. The summed E-state index contributed by atoms with van der Waals surface area (Å²) in [6.07, 6.45) is 0.892. The van der Waals surface area contributed by atoms with Crippen LogP contribution in [0.1, 0.15) is 6.92 Å². The molecule has 0 aromatic carbocycles. The van der Waals surface area contributed by atoms with Crippen molar-refractivity contribution in [3.05, 3.63) is 12.4 Å².